The summed E-state index contributed by atoms with van der Waals surface area (Å²) in [4.78, 5) is 4.85. The summed E-state index contributed by atoms with van der Waals surface area (Å²) in [6, 6.07) is 14.1. The average molecular weight is 373 g/mol. The summed E-state index contributed by atoms with van der Waals surface area (Å²) in [6.07, 6.45) is 2.84. The van der Waals surface area contributed by atoms with Crippen molar-refractivity contribution in [3.63, 3.8) is 0 Å². The normalized spacial score (nSPS) is 11.5. The van der Waals surface area contributed by atoms with Crippen LogP contribution in [0.5, 0.6) is 0 Å². The first-order valence-corrected chi connectivity index (χ1v) is 9.46. The number of nitrogens with zero attached hydrogens (tertiary/aromatic N) is 2. The Hall–Kier alpha value is -2.91. The lowest BCUT2D eigenvalue weighted by Crippen LogP contribution is -2.11. The van der Waals surface area contributed by atoms with E-state index in [-0.39, 0.29) is 10.2 Å². The standard InChI is InChI=1S/C16H11N3O4S2/c20-25(21,15-7-6-14(24-15)12-8-9-23-18-12)19-16-17-13(10-22-16)11-4-2-1-3-5-11/h1-10H,(H,17,19). The van der Waals surface area contributed by atoms with Crippen molar-refractivity contribution in [1.29, 1.82) is 0 Å². The van der Waals surface area contributed by atoms with Crippen molar-refractivity contribution in [1.82, 2.24) is 10.1 Å². The number of aromatic nitrogens is 2. The second-order valence-corrected chi connectivity index (χ2v) is 8.01. The molecule has 7 nitrogen and oxygen atoms in total. The van der Waals surface area contributed by atoms with Gasteiger partial charge >= 0.3 is 6.01 Å². The Labute approximate surface area is 147 Å². The predicted molar refractivity (Wildman–Crippen MR) is 92.6 cm³/mol. The molecule has 126 valence electrons. The van der Waals surface area contributed by atoms with Gasteiger partial charge in [0.2, 0.25) is 0 Å². The van der Waals surface area contributed by atoms with Crippen molar-refractivity contribution in [3.8, 4) is 21.8 Å². The molecule has 1 N–H and O–H groups in total. The molecule has 0 unspecified atom stereocenters. The molecule has 3 heterocycles. The molecule has 0 saturated carbocycles. The highest BCUT2D eigenvalue weighted by Gasteiger charge is 2.21. The number of sulfonamides is 1. The summed E-state index contributed by atoms with van der Waals surface area (Å²) in [7, 11) is -3.80. The van der Waals surface area contributed by atoms with Crippen LogP contribution in [0.2, 0.25) is 0 Å². The molecular weight excluding hydrogens is 362 g/mol. The van der Waals surface area contributed by atoms with E-state index in [4.69, 9.17) is 8.94 Å². The van der Waals surface area contributed by atoms with E-state index in [0.29, 0.717) is 16.3 Å². The Kier molecular flexibility index (Phi) is 3.86. The Morgan fingerprint density at radius 2 is 1.84 bits per heavy atom. The van der Waals surface area contributed by atoms with Gasteiger partial charge in [-0.25, -0.2) is 13.1 Å². The number of rotatable bonds is 5. The van der Waals surface area contributed by atoms with Crippen LogP contribution >= 0.6 is 11.3 Å². The maximum Gasteiger partial charge on any atom is 0.309 e. The van der Waals surface area contributed by atoms with Gasteiger partial charge in [-0.05, 0) is 12.1 Å². The number of thiophene rings is 1. The molecule has 4 rings (SSSR count). The lowest BCUT2D eigenvalue weighted by atomic mass is 10.2. The van der Waals surface area contributed by atoms with Crippen LogP contribution in [0.25, 0.3) is 21.8 Å². The predicted octanol–water partition coefficient (Wildman–Crippen LogP) is 3.86. The molecule has 0 aliphatic rings. The van der Waals surface area contributed by atoms with Gasteiger partial charge in [-0.3, -0.25) is 0 Å². The van der Waals surface area contributed by atoms with Crippen LogP contribution in [0.15, 0.2) is 74.2 Å². The molecule has 0 bridgehead atoms. The van der Waals surface area contributed by atoms with E-state index in [1.165, 1.54) is 18.6 Å². The van der Waals surface area contributed by atoms with Crippen LogP contribution in [-0.4, -0.2) is 18.6 Å². The molecular formula is C16H11N3O4S2. The van der Waals surface area contributed by atoms with Gasteiger partial charge in [-0.2, -0.15) is 4.98 Å². The number of nitrogens with one attached hydrogen (secondary N) is 1. The van der Waals surface area contributed by atoms with Gasteiger partial charge in [0.15, 0.2) is 0 Å². The minimum absolute atomic E-state index is 0.0877. The zero-order valence-electron chi connectivity index (χ0n) is 12.6. The quantitative estimate of drug-likeness (QED) is 0.570. The molecule has 0 aliphatic heterocycles. The molecule has 1 aromatic carbocycles. The molecule has 3 aromatic heterocycles. The van der Waals surface area contributed by atoms with Crippen LogP contribution in [-0.2, 0) is 10.0 Å². The topological polar surface area (TPSA) is 98.2 Å². The van der Waals surface area contributed by atoms with Crippen molar-refractivity contribution in [2.75, 3.05) is 4.72 Å². The number of anilines is 1. The van der Waals surface area contributed by atoms with Gasteiger partial charge in [0.1, 0.15) is 28.1 Å². The highest BCUT2D eigenvalue weighted by atomic mass is 32.2. The monoisotopic (exact) mass is 373 g/mol. The number of hydrogen-bond acceptors (Lipinski definition) is 7. The maximum atomic E-state index is 12.5. The van der Waals surface area contributed by atoms with Crippen molar-refractivity contribution in [2.24, 2.45) is 0 Å². The van der Waals surface area contributed by atoms with Gasteiger partial charge in [0.05, 0.1) is 4.88 Å². The smallest absolute Gasteiger partial charge is 0.309 e. The van der Waals surface area contributed by atoms with E-state index < -0.39 is 10.0 Å². The number of oxazole rings is 1. The van der Waals surface area contributed by atoms with Crippen LogP contribution in [0.3, 0.4) is 0 Å². The molecule has 0 spiro atoms. The summed E-state index contributed by atoms with van der Waals surface area (Å²) in [5.41, 5.74) is 1.96. The fourth-order valence-electron chi connectivity index (χ4n) is 2.17. The Balaban J connectivity index is 1.57. The minimum Gasteiger partial charge on any atom is -0.431 e. The zero-order chi connectivity index (χ0) is 17.3. The highest BCUT2D eigenvalue weighted by molar-refractivity contribution is 7.94. The van der Waals surface area contributed by atoms with Crippen molar-refractivity contribution >= 4 is 27.4 Å². The van der Waals surface area contributed by atoms with Gasteiger partial charge in [0, 0.05) is 11.6 Å². The number of benzene rings is 1. The summed E-state index contributed by atoms with van der Waals surface area (Å²) < 4.78 is 37.4. The van der Waals surface area contributed by atoms with E-state index in [1.807, 2.05) is 30.3 Å². The van der Waals surface area contributed by atoms with Crippen LogP contribution < -0.4 is 4.72 Å². The molecule has 4 aromatic rings. The Bertz CT molecular complexity index is 1080. The first kappa shape index (κ1) is 15.6. The lowest BCUT2D eigenvalue weighted by molar-refractivity contribution is 0.422. The molecule has 9 heteroatoms. The van der Waals surface area contributed by atoms with Crippen LogP contribution in [0, 0.1) is 0 Å². The SMILES string of the molecule is O=S(=O)(Nc1nc(-c2ccccc2)co1)c1ccc(-c2ccon2)s1. The maximum absolute atomic E-state index is 12.5. The average Bonchev–Trinajstić information content (AvgIpc) is 3.36. The van der Waals surface area contributed by atoms with Crippen molar-refractivity contribution in [2.45, 2.75) is 4.21 Å². The molecule has 25 heavy (non-hydrogen) atoms. The zero-order valence-corrected chi connectivity index (χ0v) is 14.3. The molecule has 0 fully saturated rings. The molecule has 0 amide bonds. The van der Waals surface area contributed by atoms with Crippen LogP contribution in [0.4, 0.5) is 6.01 Å². The van der Waals surface area contributed by atoms with Crippen molar-refractivity contribution in [3.05, 3.63) is 61.1 Å². The first-order valence-electron chi connectivity index (χ1n) is 7.16. The summed E-state index contributed by atoms with van der Waals surface area (Å²) in [6.45, 7) is 0. The Morgan fingerprint density at radius 1 is 1.00 bits per heavy atom. The van der Waals surface area contributed by atoms with Gasteiger partial charge < -0.3 is 8.94 Å². The van der Waals surface area contributed by atoms with Gasteiger partial charge in [0.25, 0.3) is 10.0 Å². The summed E-state index contributed by atoms with van der Waals surface area (Å²) in [5, 5.41) is 3.79. The molecule has 0 saturated heterocycles. The largest absolute Gasteiger partial charge is 0.431 e. The van der Waals surface area contributed by atoms with Gasteiger partial charge in [-0.15, -0.1) is 11.3 Å². The number of hydrogen-bond donors (Lipinski definition) is 1. The van der Waals surface area contributed by atoms with E-state index >= 15 is 0 Å². The van der Waals surface area contributed by atoms with Crippen molar-refractivity contribution < 1.29 is 17.4 Å². The fourth-order valence-corrected chi connectivity index (χ4v) is 4.37. The Morgan fingerprint density at radius 3 is 2.60 bits per heavy atom. The third-order valence-electron chi connectivity index (χ3n) is 3.33. The van der Waals surface area contributed by atoms with E-state index in [0.717, 1.165) is 16.9 Å². The second kappa shape index (κ2) is 6.19. The molecule has 0 radical (unpaired) electrons. The third-order valence-corrected chi connectivity index (χ3v) is 6.25. The van der Waals surface area contributed by atoms with E-state index in [2.05, 4.69) is 14.9 Å². The lowest BCUT2D eigenvalue weighted by Gasteiger charge is -2.00. The summed E-state index contributed by atoms with van der Waals surface area (Å²) >= 11 is 1.08. The fraction of sp³-hybridized carbons (Fsp3) is 0. The van der Waals surface area contributed by atoms with E-state index in [9.17, 15) is 8.42 Å². The summed E-state index contributed by atoms with van der Waals surface area (Å²) in [5.74, 6) is 0. The third kappa shape index (κ3) is 3.19. The van der Waals surface area contributed by atoms with Crippen LogP contribution in [0.1, 0.15) is 0 Å². The molecule has 0 atom stereocenters. The highest BCUT2D eigenvalue weighted by Crippen LogP contribution is 2.31. The van der Waals surface area contributed by atoms with Gasteiger partial charge in [-0.1, -0.05) is 35.5 Å². The first-order chi connectivity index (χ1) is 12.1. The second-order valence-electron chi connectivity index (χ2n) is 5.01. The molecule has 0 aliphatic carbocycles. The minimum atomic E-state index is -3.80. The van der Waals surface area contributed by atoms with E-state index in [1.54, 1.807) is 12.1 Å².